The second-order valence-electron chi connectivity index (χ2n) is 5.34. The van der Waals surface area contributed by atoms with E-state index in [1.807, 2.05) is 0 Å². The molecule has 0 spiro atoms. The van der Waals surface area contributed by atoms with E-state index >= 15 is 0 Å². The summed E-state index contributed by atoms with van der Waals surface area (Å²) in [6, 6.07) is 7.47. The van der Waals surface area contributed by atoms with E-state index in [0.29, 0.717) is 6.04 Å². The molecule has 94 valence electrons. The van der Waals surface area contributed by atoms with Crippen LogP contribution in [0.3, 0.4) is 0 Å². The zero-order valence-electron chi connectivity index (χ0n) is 11.4. The molecule has 2 unspecified atom stereocenters. The van der Waals surface area contributed by atoms with Crippen LogP contribution in [-0.2, 0) is 0 Å². The molecule has 0 saturated heterocycles. The quantitative estimate of drug-likeness (QED) is 0.831. The highest BCUT2D eigenvalue weighted by molar-refractivity contribution is 5.36. The fraction of sp³-hybridized carbons (Fsp3) is 0.625. The van der Waals surface area contributed by atoms with Crippen LogP contribution in [0.1, 0.15) is 55.2 Å². The molecule has 1 fully saturated rings. The smallest absolute Gasteiger partial charge is 0.0136 e. The molecule has 1 heteroatoms. The Hall–Kier alpha value is -0.820. The van der Waals surface area contributed by atoms with Gasteiger partial charge in [0.15, 0.2) is 0 Å². The zero-order valence-corrected chi connectivity index (χ0v) is 11.4. The molecule has 2 atom stereocenters. The van der Waals surface area contributed by atoms with Crippen LogP contribution in [0.15, 0.2) is 18.2 Å². The van der Waals surface area contributed by atoms with Crippen LogP contribution in [0.4, 0.5) is 0 Å². The molecule has 1 aromatic carbocycles. The largest absolute Gasteiger partial charge is 0.314 e. The van der Waals surface area contributed by atoms with Gasteiger partial charge in [-0.15, -0.1) is 0 Å². The Bertz CT molecular complexity index is 368. The van der Waals surface area contributed by atoms with E-state index in [1.54, 1.807) is 5.56 Å². The lowest BCUT2D eigenvalue weighted by Gasteiger charge is -2.33. The van der Waals surface area contributed by atoms with Crippen LogP contribution in [0.25, 0.3) is 0 Å². The first kappa shape index (κ1) is 12.6. The molecule has 0 bridgehead atoms. The monoisotopic (exact) mass is 231 g/mol. The zero-order chi connectivity index (χ0) is 12.3. The summed E-state index contributed by atoms with van der Waals surface area (Å²) >= 11 is 0. The van der Waals surface area contributed by atoms with Crippen molar-refractivity contribution in [1.29, 1.82) is 0 Å². The van der Waals surface area contributed by atoms with Crippen LogP contribution in [0.2, 0.25) is 0 Å². The molecular formula is C16H25N. The van der Waals surface area contributed by atoms with Crippen LogP contribution in [0, 0.1) is 13.8 Å². The van der Waals surface area contributed by atoms with Gasteiger partial charge in [0.05, 0.1) is 0 Å². The Balaban J connectivity index is 2.26. The van der Waals surface area contributed by atoms with Crippen molar-refractivity contribution >= 4 is 0 Å². The Morgan fingerprint density at radius 1 is 1.18 bits per heavy atom. The van der Waals surface area contributed by atoms with Gasteiger partial charge in [-0.3, -0.25) is 0 Å². The minimum absolute atomic E-state index is 0.689. The number of nitrogens with one attached hydrogen (secondary N) is 1. The summed E-state index contributed by atoms with van der Waals surface area (Å²) in [6.45, 7) is 7.81. The molecule has 1 aliphatic rings. The average Bonchev–Trinajstić information content (AvgIpc) is 2.34. The molecule has 17 heavy (non-hydrogen) atoms. The summed E-state index contributed by atoms with van der Waals surface area (Å²) in [7, 11) is 0. The molecule has 0 aromatic heterocycles. The molecule has 0 heterocycles. The molecule has 0 amide bonds. The Kier molecular flexibility index (Phi) is 4.22. The Morgan fingerprint density at radius 2 is 1.94 bits per heavy atom. The maximum Gasteiger partial charge on any atom is 0.0136 e. The van der Waals surface area contributed by atoms with Crippen molar-refractivity contribution in [2.45, 2.75) is 58.4 Å². The van der Waals surface area contributed by atoms with Crippen molar-refractivity contribution in [3.05, 3.63) is 34.9 Å². The van der Waals surface area contributed by atoms with Gasteiger partial charge in [0.2, 0.25) is 0 Å². The molecule has 2 rings (SSSR count). The second-order valence-corrected chi connectivity index (χ2v) is 5.34. The van der Waals surface area contributed by atoms with E-state index in [-0.39, 0.29) is 0 Å². The molecule has 1 saturated carbocycles. The Morgan fingerprint density at radius 3 is 2.71 bits per heavy atom. The summed E-state index contributed by atoms with van der Waals surface area (Å²) in [6.07, 6.45) is 5.47. The maximum atomic E-state index is 3.68. The van der Waals surface area contributed by atoms with Gasteiger partial charge in [-0.1, -0.05) is 38.0 Å². The van der Waals surface area contributed by atoms with E-state index in [0.717, 1.165) is 12.5 Å². The summed E-state index contributed by atoms with van der Waals surface area (Å²) in [4.78, 5) is 0. The van der Waals surface area contributed by atoms with E-state index < -0.39 is 0 Å². The number of hydrogen-bond donors (Lipinski definition) is 1. The normalized spacial score (nSPS) is 24.9. The van der Waals surface area contributed by atoms with Crippen molar-refractivity contribution in [3.63, 3.8) is 0 Å². The highest BCUT2D eigenvalue weighted by Gasteiger charge is 2.26. The number of benzene rings is 1. The Labute approximate surface area is 106 Å². The van der Waals surface area contributed by atoms with Gasteiger partial charge in [0.25, 0.3) is 0 Å². The molecular weight excluding hydrogens is 206 g/mol. The summed E-state index contributed by atoms with van der Waals surface area (Å²) in [5.74, 6) is 0.726. The first-order valence-corrected chi connectivity index (χ1v) is 7.03. The van der Waals surface area contributed by atoms with Gasteiger partial charge in [-0.05, 0) is 55.8 Å². The number of aryl methyl sites for hydroxylation is 1. The summed E-state index contributed by atoms with van der Waals surface area (Å²) < 4.78 is 0. The maximum absolute atomic E-state index is 3.68. The van der Waals surface area contributed by atoms with E-state index in [1.165, 1.54) is 36.8 Å². The first-order chi connectivity index (χ1) is 8.24. The second kappa shape index (κ2) is 5.68. The molecule has 1 nitrogen and oxygen atoms in total. The lowest BCUT2D eigenvalue weighted by molar-refractivity contribution is 0.332. The highest BCUT2D eigenvalue weighted by atomic mass is 14.9. The summed E-state index contributed by atoms with van der Waals surface area (Å²) in [5, 5.41) is 3.68. The van der Waals surface area contributed by atoms with E-state index in [9.17, 15) is 0 Å². The number of hydrogen-bond acceptors (Lipinski definition) is 1. The van der Waals surface area contributed by atoms with Crippen molar-refractivity contribution in [3.8, 4) is 0 Å². The number of likely N-dealkylation sites (N-methyl/N-ethyl adjacent to an activating group) is 1. The van der Waals surface area contributed by atoms with Crippen molar-refractivity contribution in [1.82, 2.24) is 5.32 Å². The van der Waals surface area contributed by atoms with Gasteiger partial charge >= 0.3 is 0 Å². The topological polar surface area (TPSA) is 12.0 Å². The SMILES string of the molecule is CCNC1CCCCC1c1cccc(C)c1C. The van der Waals surface area contributed by atoms with Gasteiger partial charge in [0.1, 0.15) is 0 Å². The fourth-order valence-corrected chi connectivity index (χ4v) is 3.19. The predicted octanol–water partition coefficient (Wildman–Crippen LogP) is 3.94. The van der Waals surface area contributed by atoms with E-state index in [2.05, 4.69) is 44.3 Å². The van der Waals surface area contributed by atoms with Gasteiger partial charge < -0.3 is 5.32 Å². The first-order valence-electron chi connectivity index (χ1n) is 7.03. The lowest BCUT2D eigenvalue weighted by atomic mass is 9.78. The van der Waals surface area contributed by atoms with Crippen LogP contribution >= 0.6 is 0 Å². The summed E-state index contributed by atoms with van der Waals surface area (Å²) in [5.41, 5.74) is 4.52. The molecule has 0 radical (unpaired) electrons. The van der Waals surface area contributed by atoms with Crippen LogP contribution in [-0.4, -0.2) is 12.6 Å². The van der Waals surface area contributed by atoms with Crippen LogP contribution in [0.5, 0.6) is 0 Å². The van der Waals surface area contributed by atoms with Gasteiger partial charge in [-0.2, -0.15) is 0 Å². The average molecular weight is 231 g/mol. The third kappa shape index (κ3) is 2.71. The predicted molar refractivity (Wildman–Crippen MR) is 74.6 cm³/mol. The third-order valence-corrected chi connectivity index (χ3v) is 4.28. The van der Waals surface area contributed by atoms with Crippen molar-refractivity contribution in [2.75, 3.05) is 6.54 Å². The van der Waals surface area contributed by atoms with Gasteiger partial charge in [0, 0.05) is 6.04 Å². The van der Waals surface area contributed by atoms with Crippen LogP contribution < -0.4 is 5.32 Å². The molecule has 1 aliphatic carbocycles. The third-order valence-electron chi connectivity index (χ3n) is 4.28. The van der Waals surface area contributed by atoms with Gasteiger partial charge in [-0.25, -0.2) is 0 Å². The number of rotatable bonds is 3. The van der Waals surface area contributed by atoms with Crippen molar-refractivity contribution in [2.24, 2.45) is 0 Å². The molecule has 0 aliphatic heterocycles. The molecule has 1 N–H and O–H groups in total. The highest BCUT2D eigenvalue weighted by Crippen LogP contribution is 2.35. The standard InChI is InChI=1S/C16H25N/c1-4-17-16-11-6-5-9-15(16)14-10-7-8-12(2)13(14)3/h7-8,10,15-17H,4-6,9,11H2,1-3H3. The minimum Gasteiger partial charge on any atom is -0.314 e. The van der Waals surface area contributed by atoms with Crippen molar-refractivity contribution < 1.29 is 0 Å². The van der Waals surface area contributed by atoms with E-state index in [4.69, 9.17) is 0 Å². The lowest BCUT2D eigenvalue weighted by Crippen LogP contribution is -2.37. The fourth-order valence-electron chi connectivity index (χ4n) is 3.19. The minimum atomic E-state index is 0.689. The molecule has 1 aromatic rings.